The van der Waals surface area contributed by atoms with Crippen molar-refractivity contribution in [2.75, 3.05) is 26.4 Å². The lowest BCUT2D eigenvalue weighted by molar-refractivity contribution is -0.253. The van der Waals surface area contributed by atoms with E-state index in [0.717, 1.165) is 0 Å². The minimum absolute atomic E-state index is 0.00352. The molecule has 0 aromatic rings. The molecule has 6 rings (SSSR count). The molecule has 38 heavy (non-hydrogen) atoms. The summed E-state index contributed by atoms with van der Waals surface area (Å²) in [5, 5.41) is 20.7. The summed E-state index contributed by atoms with van der Waals surface area (Å²) in [6.07, 6.45) is 3.53. The average Bonchev–Trinajstić information content (AvgIpc) is 3.81. The molecule has 0 radical (unpaired) electrons. The number of carbonyl (C=O) groups is 3. The number of cyclic esters (lactones) is 2. The largest absolute Gasteiger partial charge is 0.463 e. The fourth-order valence-electron chi connectivity index (χ4n) is 7.45. The third kappa shape index (κ3) is 3.55. The Labute approximate surface area is 220 Å². The van der Waals surface area contributed by atoms with Crippen LogP contribution in [0.1, 0.15) is 39.5 Å². The van der Waals surface area contributed by atoms with Gasteiger partial charge in [0, 0.05) is 24.0 Å². The molecule has 10 atom stereocenters. The molecule has 4 heterocycles. The molecule has 2 spiro atoms. The molecule has 3 saturated heterocycles. The summed E-state index contributed by atoms with van der Waals surface area (Å²) in [4.78, 5) is 37.8. The van der Waals surface area contributed by atoms with Crippen molar-refractivity contribution in [2.24, 2.45) is 16.7 Å². The van der Waals surface area contributed by atoms with Gasteiger partial charge in [0.2, 0.25) is 0 Å². The van der Waals surface area contributed by atoms with Gasteiger partial charge in [-0.25, -0.2) is 14.4 Å². The number of esters is 3. The average molecular weight is 535 g/mol. The highest BCUT2D eigenvalue weighted by Gasteiger charge is 2.87. The molecule has 5 fully saturated rings. The topological polar surface area (TPSA) is 154 Å². The molecule has 0 amide bonds. The number of allylic oxidation sites excluding steroid dienone is 2. The van der Waals surface area contributed by atoms with Crippen molar-refractivity contribution in [2.45, 2.75) is 81.3 Å². The SMILES string of the molecule is C[C@@H]1CCOC(=O)/C=C/C=C\C(=O)O[C@@H]2C[C@H]3O[C@@H]4[C@H]5O[C@@]5(CO)CC[C@]4(COC(=O)[C@H]1O)[C@]2(C)[C@]31CO1. The van der Waals surface area contributed by atoms with Crippen LogP contribution in [0.3, 0.4) is 0 Å². The normalized spacial score (nSPS) is 51.8. The standard InChI is InChI=1S/C27H34O11/c1-15-7-10-33-18(29)5-3-4-6-19(30)36-16-11-17-27(14-35-27)24(16,2)25(13-34-23(32)20(15)31)8-9-26(12-28)22(38-26)21(25)37-17/h3-6,15-17,20-22,28,31H,7-14H2,1-2H3/b5-3+,6-4-/t15-,16-,17-,20+,21-,22-,24-,25-,26-,27+/m1/s1. The van der Waals surface area contributed by atoms with Gasteiger partial charge in [-0.15, -0.1) is 0 Å². The quantitative estimate of drug-likeness (QED) is 0.272. The van der Waals surface area contributed by atoms with Crippen LogP contribution in [0.4, 0.5) is 0 Å². The fourth-order valence-corrected chi connectivity index (χ4v) is 7.45. The van der Waals surface area contributed by atoms with Crippen molar-refractivity contribution < 1.29 is 53.0 Å². The Morgan fingerprint density at radius 3 is 2.45 bits per heavy atom. The Bertz CT molecular complexity index is 1080. The lowest BCUT2D eigenvalue weighted by Gasteiger charge is -2.58. The van der Waals surface area contributed by atoms with Crippen LogP contribution in [-0.4, -0.2) is 96.3 Å². The molecule has 0 aromatic carbocycles. The number of hydrogen-bond acceptors (Lipinski definition) is 11. The number of rotatable bonds is 1. The van der Waals surface area contributed by atoms with E-state index in [9.17, 15) is 24.6 Å². The van der Waals surface area contributed by atoms with Crippen LogP contribution in [0, 0.1) is 16.7 Å². The summed E-state index contributed by atoms with van der Waals surface area (Å²) >= 11 is 0. The molecule has 6 aliphatic rings. The number of aliphatic hydroxyl groups excluding tert-OH is 2. The Hall–Kier alpha value is -2.31. The predicted octanol–water partition coefficient (Wildman–Crippen LogP) is 0.354. The van der Waals surface area contributed by atoms with Crippen LogP contribution < -0.4 is 0 Å². The van der Waals surface area contributed by atoms with Gasteiger partial charge < -0.3 is 38.6 Å². The van der Waals surface area contributed by atoms with Gasteiger partial charge in [-0.2, -0.15) is 0 Å². The van der Waals surface area contributed by atoms with E-state index in [2.05, 4.69) is 0 Å². The maximum atomic E-state index is 13.0. The van der Waals surface area contributed by atoms with Gasteiger partial charge in [0.05, 0.1) is 37.4 Å². The van der Waals surface area contributed by atoms with Crippen LogP contribution in [-0.2, 0) is 42.8 Å². The number of hydrogen-bond donors (Lipinski definition) is 2. The highest BCUT2D eigenvalue weighted by atomic mass is 16.7. The van der Waals surface area contributed by atoms with Crippen LogP contribution in [0.15, 0.2) is 24.3 Å². The van der Waals surface area contributed by atoms with E-state index in [1.807, 2.05) is 6.92 Å². The molecule has 11 nitrogen and oxygen atoms in total. The monoisotopic (exact) mass is 534 g/mol. The van der Waals surface area contributed by atoms with E-state index < -0.39 is 70.3 Å². The Kier molecular flexibility index (Phi) is 6.04. The number of aliphatic hydroxyl groups is 2. The van der Waals surface area contributed by atoms with Gasteiger partial charge in [-0.3, -0.25) is 0 Å². The molecule has 11 heteroatoms. The first-order chi connectivity index (χ1) is 18.1. The fraction of sp³-hybridized carbons (Fsp3) is 0.741. The third-order valence-electron chi connectivity index (χ3n) is 10.1. The molecule has 2 bridgehead atoms. The van der Waals surface area contributed by atoms with Gasteiger partial charge in [0.1, 0.15) is 30.0 Å². The zero-order valence-corrected chi connectivity index (χ0v) is 21.5. The van der Waals surface area contributed by atoms with Crippen LogP contribution in [0.25, 0.3) is 0 Å². The summed E-state index contributed by atoms with van der Waals surface area (Å²) in [6.45, 7) is 3.87. The van der Waals surface area contributed by atoms with Gasteiger partial charge in [0.15, 0.2) is 6.10 Å². The number of carbonyl (C=O) groups excluding carboxylic acids is 3. The van der Waals surface area contributed by atoms with E-state index in [1.54, 1.807) is 6.92 Å². The summed E-state index contributed by atoms with van der Waals surface area (Å²) in [6, 6.07) is 0. The summed E-state index contributed by atoms with van der Waals surface area (Å²) in [5.74, 6) is -2.51. The lowest BCUT2D eigenvalue weighted by Crippen LogP contribution is -2.69. The third-order valence-corrected chi connectivity index (χ3v) is 10.1. The highest BCUT2D eigenvalue weighted by molar-refractivity contribution is 5.84. The van der Waals surface area contributed by atoms with E-state index >= 15 is 0 Å². The van der Waals surface area contributed by atoms with Crippen molar-refractivity contribution in [1.29, 1.82) is 0 Å². The van der Waals surface area contributed by atoms with E-state index in [1.165, 1.54) is 24.3 Å². The summed E-state index contributed by atoms with van der Waals surface area (Å²) < 4.78 is 35.7. The van der Waals surface area contributed by atoms with Gasteiger partial charge in [-0.05, 0) is 25.2 Å². The molecule has 2 aliphatic carbocycles. The molecular weight excluding hydrogens is 500 g/mol. The summed E-state index contributed by atoms with van der Waals surface area (Å²) in [7, 11) is 0. The zero-order valence-electron chi connectivity index (χ0n) is 21.5. The van der Waals surface area contributed by atoms with Gasteiger partial charge in [-0.1, -0.05) is 26.0 Å². The first-order valence-electron chi connectivity index (χ1n) is 13.3. The Balaban J connectivity index is 1.38. The van der Waals surface area contributed by atoms with Crippen molar-refractivity contribution in [3.63, 3.8) is 0 Å². The second kappa shape index (κ2) is 8.85. The molecular formula is C27H34O11. The number of fused-ring (bicyclic) bond motifs is 2. The first-order valence-corrected chi connectivity index (χ1v) is 13.3. The molecule has 0 aromatic heterocycles. The van der Waals surface area contributed by atoms with Crippen LogP contribution in [0.2, 0.25) is 0 Å². The second-order valence-corrected chi connectivity index (χ2v) is 11.7. The van der Waals surface area contributed by atoms with Crippen LogP contribution in [0.5, 0.6) is 0 Å². The van der Waals surface area contributed by atoms with Gasteiger partial charge in [0.25, 0.3) is 0 Å². The molecule has 2 saturated carbocycles. The Morgan fingerprint density at radius 2 is 1.74 bits per heavy atom. The maximum absolute atomic E-state index is 13.0. The number of ether oxygens (including phenoxy) is 6. The minimum atomic E-state index is -1.42. The van der Waals surface area contributed by atoms with Crippen molar-refractivity contribution in [3.8, 4) is 0 Å². The van der Waals surface area contributed by atoms with E-state index in [-0.39, 0.29) is 32.3 Å². The molecule has 208 valence electrons. The zero-order chi connectivity index (χ0) is 26.9. The Morgan fingerprint density at radius 1 is 1.00 bits per heavy atom. The number of epoxide rings is 2. The first kappa shape index (κ1) is 25.9. The summed E-state index contributed by atoms with van der Waals surface area (Å²) in [5.41, 5.74) is -3.06. The second-order valence-electron chi connectivity index (χ2n) is 11.7. The highest BCUT2D eigenvalue weighted by Crippen LogP contribution is 2.75. The molecule has 2 N–H and O–H groups in total. The molecule has 4 aliphatic heterocycles. The van der Waals surface area contributed by atoms with Crippen molar-refractivity contribution >= 4 is 17.9 Å². The van der Waals surface area contributed by atoms with Crippen LogP contribution >= 0.6 is 0 Å². The van der Waals surface area contributed by atoms with Crippen molar-refractivity contribution in [3.05, 3.63) is 24.3 Å². The van der Waals surface area contributed by atoms with E-state index in [4.69, 9.17) is 28.4 Å². The predicted molar refractivity (Wildman–Crippen MR) is 126 cm³/mol. The minimum Gasteiger partial charge on any atom is -0.463 e. The van der Waals surface area contributed by atoms with Crippen molar-refractivity contribution in [1.82, 2.24) is 0 Å². The smallest absolute Gasteiger partial charge is 0.335 e. The lowest BCUT2D eigenvalue weighted by atomic mass is 9.50. The maximum Gasteiger partial charge on any atom is 0.335 e. The molecule has 0 unspecified atom stereocenters. The van der Waals surface area contributed by atoms with Gasteiger partial charge >= 0.3 is 17.9 Å². The van der Waals surface area contributed by atoms with E-state index in [0.29, 0.717) is 25.9 Å².